The van der Waals surface area contributed by atoms with Crippen LogP contribution < -0.4 is 0 Å². The van der Waals surface area contributed by atoms with E-state index in [-0.39, 0.29) is 5.97 Å². The normalized spacial score (nSPS) is 24.8. The highest BCUT2D eigenvalue weighted by atomic mass is 16.5. The van der Waals surface area contributed by atoms with Crippen LogP contribution in [0.3, 0.4) is 0 Å². The van der Waals surface area contributed by atoms with Crippen LogP contribution >= 0.6 is 0 Å². The zero-order valence-electron chi connectivity index (χ0n) is 10.7. The van der Waals surface area contributed by atoms with Crippen molar-refractivity contribution in [1.82, 2.24) is 4.90 Å². The number of ether oxygens (including phenoxy) is 2. The van der Waals surface area contributed by atoms with E-state index in [4.69, 9.17) is 9.47 Å². The molecule has 0 spiro atoms. The number of piperidine rings is 1. The number of carbonyl (C=O) groups excluding carboxylic acids is 1. The molecule has 0 saturated carbocycles. The summed E-state index contributed by atoms with van der Waals surface area (Å²) in [6.45, 7) is 4.08. The van der Waals surface area contributed by atoms with Crippen molar-refractivity contribution in [3.05, 3.63) is 0 Å². The first-order valence-electron chi connectivity index (χ1n) is 6.68. The van der Waals surface area contributed by atoms with E-state index in [9.17, 15) is 4.79 Å². The van der Waals surface area contributed by atoms with E-state index in [1.807, 2.05) is 0 Å². The van der Waals surface area contributed by atoms with Gasteiger partial charge in [-0.2, -0.15) is 0 Å². The van der Waals surface area contributed by atoms with Gasteiger partial charge in [0.1, 0.15) is 0 Å². The van der Waals surface area contributed by atoms with Crippen molar-refractivity contribution >= 4 is 5.97 Å². The minimum Gasteiger partial charge on any atom is -0.469 e. The second-order valence-electron chi connectivity index (χ2n) is 5.10. The molecule has 0 bridgehead atoms. The summed E-state index contributed by atoms with van der Waals surface area (Å²) in [6.07, 6.45) is 5.19. The maximum Gasteiger partial charge on any atom is 0.305 e. The Morgan fingerprint density at radius 1 is 1.24 bits per heavy atom. The zero-order valence-corrected chi connectivity index (χ0v) is 10.7. The van der Waals surface area contributed by atoms with Crippen molar-refractivity contribution in [3.8, 4) is 0 Å². The summed E-state index contributed by atoms with van der Waals surface area (Å²) in [5.74, 6) is 0.466. The Balaban J connectivity index is 1.71. The number of hydrogen-bond acceptors (Lipinski definition) is 4. The number of likely N-dealkylation sites (tertiary alicyclic amines) is 1. The number of nitrogens with zero attached hydrogens (tertiary/aromatic N) is 1. The van der Waals surface area contributed by atoms with Gasteiger partial charge in [0.05, 0.1) is 7.11 Å². The standard InChI is InChI=1S/C13H23NO3/c1-16-13(15)10-11-2-6-14(7-3-11)12-4-8-17-9-5-12/h11-12H,2-10H2,1H3. The SMILES string of the molecule is COC(=O)CC1CCN(C2CCOCC2)CC1. The Kier molecular flexibility index (Phi) is 4.80. The largest absolute Gasteiger partial charge is 0.469 e. The fraction of sp³-hybridized carbons (Fsp3) is 0.923. The monoisotopic (exact) mass is 241 g/mol. The smallest absolute Gasteiger partial charge is 0.305 e. The molecule has 0 aliphatic carbocycles. The second-order valence-corrected chi connectivity index (χ2v) is 5.10. The molecule has 2 fully saturated rings. The average Bonchev–Trinajstić information content (AvgIpc) is 2.40. The van der Waals surface area contributed by atoms with Crippen LogP contribution in [0.1, 0.15) is 32.1 Å². The maximum absolute atomic E-state index is 11.2. The van der Waals surface area contributed by atoms with Crippen molar-refractivity contribution in [2.75, 3.05) is 33.4 Å². The van der Waals surface area contributed by atoms with Gasteiger partial charge in [-0.3, -0.25) is 4.79 Å². The van der Waals surface area contributed by atoms with Crippen molar-refractivity contribution < 1.29 is 14.3 Å². The molecule has 4 nitrogen and oxygen atoms in total. The van der Waals surface area contributed by atoms with Gasteiger partial charge < -0.3 is 14.4 Å². The summed E-state index contributed by atoms with van der Waals surface area (Å²) in [4.78, 5) is 13.8. The van der Waals surface area contributed by atoms with Gasteiger partial charge in [0.25, 0.3) is 0 Å². The Labute approximate surface area is 103 Å². The van der Waals surface area contributed by atoms with Crippen LogP contribution in [0.4, 0.5) is 0 Å². The predicted octanol–water partition coefficient (Wildman–Crippen LogP) is 1.44. The zero-order chi connectivity index (χ0) is 12.1. The maximum atomic E-state index is 11.2. The highest BCUT2D eigenvalue weighted by Gasteiger charge is 2.27. The lowest BCUT2D eigenvalue weighted by Gasteiger charge is -2.39. The minimum atomic E-state index is -0.0606. The van der Waals surface area contributed by atoms with Crippen molar-refractivity contribution in [3.63, 3.8) is 0 Å². The third-order valence-electron chi connectivity index (χ3n) is 4.04. The molecule has 0 aromatic heterocycles. The molecule has 0 aromatic carbocycles. The molecule has 2 aliphatic rings. The van der Waals surface area contributed by atoms with Crippen LogP contribution in [0.2, 0.25) is 0 Å². The van der Waals surface area contributed by atoms with Gasteiger partial charge in [0.2, 0.25) is 0 Å². The molecule has 0 atom stereocenters. The molecular weight excluding hydrogens is 218 g/mol. The predicted molar refractivity (Wildman–Crippen MR) is 64.8 cm³/mol. The summed E-state index contributed by atoms with van der Waals surface area (Å²) in [5, 5.41) is 0. The minimum absolute atomic E-state index is 0.0606. The molecule has 4 heteroatoms. The lowest BCUT2D eigenvalue weighted by molar-refractivity contribution is -0.142. The molecule has 2 rings (SSSR count). The van der Waals surface area contributed by atoms with E-state index < -0.39 is 0 Å². The number of esters is 1. The lowest BCUT2D eigenvalue weighted by atomic mass is 9.92. The molecule has 2 saturated heterocycles. The van der Waals surface area contributed by atoms with E-state index in [1.165, 1.54) is 20.0 Å². The Morgan fingerprint density at radius 2 is 1.88 bits per heavy atom. The highest BCUT2D eigenvalue weighted by Crippen LogP contribution is 2.25. The Morgan fingerprint density at radius 3 is 2.47 bits per heavy atom. The average molecular weight is 241 g/mol. The fourth-order valence-corrected chi connectivity index (χ4v) is 2.89. The van der Waals surface area contributed by atoms with Crippen LogP contribution in [0.5, 0.6) is 0 Å². The quantitative estimate of drug-likeness (QED) is 0.701. The van der Waals surface area contributed by atoms with Crippen LogP contribution in [-0.4, -0.2) is 50.3 Å². The van der Waals surface area contributed by atoms with E-state index in [0.717, 1.165) is 39.1 Å². The van der Waals surface area contributed by atoms with Gasteiger partial charge >= 0.3 is 5.97 Å². The van der Waals surface area contributed by atoms with Crippen LogP contribution in [-0.2, 0) is 14.3 Å². The summed E-state index contributed by atoms with van der Waals surface area (Å²) < 4.78 is 10.1. The van der Waals surface area contributed by atoms with Crippen molar-refractivity contribution in [2.45, 2.75) is 38.1 Å². The van der Waals surface area contributed by atoms with E-state index in [2.05, 4.69) is 4.90 Å². The Hall–Kier alpha value is -0.610. The summed E-state index contributed by atoms with van der Waals surface area (Å²) in [6, 6.07) is 0.711. The summed E-state index contributed by atoms with van der Waals surface area (Å²) in [5.41, 5.74) is 0. The van der Waals surface area contributed by atoms with Crippen molar-refractivity contribution in [1.29, 1.82) is 0 Å². The number of hydrogen-bond donors (Lipinski definition) is 0. The summed E-state index contributed by atoms with van der Waals surface area (Å²) >= 11 is 0. The number of rotatable bonds is 3. The van der Waals surface area contributed by atoms with E-state index >= 15 is 0 Å². The van der Waals surface area contributed by atoms with Crippen molar-refractivity contribution in [2.24, 2.45) is 5.92 Å². The molecule has 2 heterocycles. The summed E-state index contributed by atoms with van der Waals surface area (Å²) in [7, 11) is 1.47. The van der Waals surface area contributed by atoms with Gasteiger partial charge in [-0.25, -0.2) is 0 Å². The number of methoxy groups -OCH3 is 1. The molecule has 0 N–H and O–H groups in total. The highest BCUT2D eigenvalue weighted by molar-refractivity contribution is 5.69. The molecule has 0 unspecified atom stereocenters. The molecule has 2 aliphatic heterocycles. The Bertz CT molecular complexity index is 243. The van der Waals surface area contributed by atoms with Gasteiger partial charge in [0.15, 0.2) is 0 Å². The van der Waals surface area contributed by atoms with Gasteiger partial charge in [0, 0.05) is 25.7 Å². The van der Waals surface area contributed by atoms with E-state index in [1.54, 1.807) is 0 Å². The van der Waals surface area contributed by atoms with E-state index in [0.29, 0.717) is 18.4 Å². The second kappa shape index (κ2) is 6.36. The molecule has 0 amide bonds. The van der Waals surface area contributed by atoms with Crippen LogP contribution in [0.25, 0.3) is 0 Å². The fourth-order valence-electron chi connectivity index (χ4n) is 2.89. The van der Waals surface area contributed by atoms with Crippen LogP contribution in [0, 0.1) is 5.92 Å². The molecule has 0 aromatic rings. The topological polar surface area (TPSA) is 38.8 Å². The van der Waals surface area contributed by atoms with Gasteiger partial charge in [-0.1, -0.05) is 0 Å². The lowest BCUT2D eigenvalue weighted by Crippen LogP contribution is -2.44. The third-order valence-corrected chi connectivity index (χ3v) is 4.04. The van der Waals surface area contributed by atoms with Gasteiger partial charge in [-0.15, -0.1) is 0 Å². The molecule has 98 valence electrons. The van der Waals surface area contributed by atoms with Crippen LogP contribution in [0.15, 0.2) is 0 Å². The van der Waals surface area contributed by atoms with Gasteiger partial charge in [-0.05, 0) is 44.7 Å². The first-order chi connectivity index (χ1) is 8.29. The molecular formula is C13H23NO3. The third kappa shape index (κ3) is 3.68. The number of carbonyl (C=O) groups is 1. The molecule has 17 heavy (non-hydrogen) atoms. The molecule has 0 radical (unpaired) electrons. The first-order valence-corrected chi connectivity index (χ1v) is 6.68. The first kappa shape index (κ1) is 12.8.